The monoisotopic (exact) mass is 529 g/mol. The minimum atomic E-state index is -3.76. The zero-order chi connectivity index (χ0) is 25.3. The van der Waals surface area contributed by atoms with Gasteiger partial charge in [0, 0.05) is 19.0 Å². The number of nitrogens with zero attached hydrogens (tertiary/aromatic N) is 3. The lowest BCUT2D eigenvalue weighted by molar-refractivity contribution is -0.123. The molecule has 4 aromatic rings. The van der Waals surface area contributed by atoms with Crippen molar-refractivity contribution in [2.45, 2.75) is 24.3 Å². The van der Waals surface area contributed by atoms with Crippen LogP contribution in [0.1, 0.15) is 18.6 Å². The highest BCUT2D eigenvalue weighted by molar-refractivity contribution is 7.89. The molecule has 1 aliphatic rings. The fourth-order valence-corrected chi connectivity index (χ4v) is 6.77. The number of halogens is 1. The van der Waals surface area contributed by atoms with Gasteiger partial charge in [-0.1, -0.05) is 17.4 Å². The summed E-state index contributed by atoms with van der Waals surface area (Å²) in [5, 5.41) is 0.525. The van der Waals surface area contributed by atoms with Crippen molar-refractivity contribution in [1.82, 2.24) is 9.29 Å². The summed E-state index contributed by atoms with van der Waals surface area (Å²) in [5.41, 5.74) is 0.678. The summed E-state index contributed by atoms with van der Waals surface area (Å²) >= 11 is 1.39. The highest BCUT2D eigenvalue weighted by atomic mass is 32.2. The summed E-state index contributed by atoms with van der Waals surface area (Å²) in [5.74, 6) is 0.227. The van der Waals surface area contributed by atoms with Gasteiger partial charge in [-0.05, 0) is 61.4 Å². The summed E-state index contributed by atoms with van der Waals surface area (Å²) < 4.78 is 52.4. The quantitative estimate of drug-likeness (QED) is 0.345. The SMILES string of the molecule is COc1cccc2sc(N(Cc3ccco3)C(=O)C3CCN(S(=O)(=O)c4ccc(F)cc4)CC3)nc12. The number of hydrogen-bond donors (Lipinski definition) is 0. The molecule has 0 saturated carbocycles. The van der Waals surface area contributed by atoms with Crippen LogP contribution >= 0.6 is 11.3 Å². The van der Waals surface area contributed by atoms with Crippen LogP contribution in [0.25, 0.3) is 10.2 Å². The van der Waals surface area contributed by atoms with E-state index in [1.54, 1.807) is 30.4 Å². The lowest BCUT2D eigenvalue weighted by Gasteiger charge is -2.32. The number of carbonyl (C=O) groups excluding carboxylic acids is 1. The fraction of sp³-hybridized carbons (Fsp3) is 0.280. The lowest BCUT2D eigenvalue weighted by Crippen LogP contribution is -2.44. The first-order valence-corrected chi connectivity index (χ1v) is 13.7. The Morgan fingerprint density at radius 1 is 1.17 bits per heavy atom. The number of furan rings is 1. The molecule has 3 heterocycles. The van der Waals surface area contributed by atoms with E-state index in [-0.39, 0.29) is 36.4 Å². The molecule has 0 atom stereocenters. The molecule has 11 heteroatoms. The normalized spacial score (nSPS) is 15.3. The predicted octanol–water partition coefficient (Wildman–Crippen LogP) is 4.67. The van der Waals surface area contributed by atoms with Crippen molar-refractivity contribution in [2.75, 3.05) is 25.1 Å². The van der Waals surface area contributed by atoms with Crippen LogP contribution in [0, 0.1) is 11.7 Å². The zero-order valence-electron chi connectivity index (χ0n) is 19.5. The third-order valence-corrected chi connectivity index (χ3v) is 9.19. The maximum Gasteiger partial charge on any atom is 0.243 e. The number of amides is 1. The van der Waals surface area contributed by atoms with E-state index in [0.29, 0.717) is 35.0 Å². The molecule has 0 radical (unpaired) electrons. The fourth-order valence-electron chi connectivity index (χ4n) is 4.31. The van der Waals surface area contributed by atoms with Gasteiger partial charge in [0.1, 0.15) is 22.8 Å². The standard InChI is InChI=1S/C25H24FN3O5S2/c1-33-21-5-2-6-22-23(21)27-25(35-22)29(16-19-4-3-15-34-19)24(30)17-11-13-28(14-12-17)36(31,32)20-9-7-18(26)8-10-20/h2-10,15,17H,11-14,16H2,1H3. The number of sulfonamides is 1. The van der Waals surface area contributed by atoms with Crippen LogP contribution in [0.4, 0.5) is 9.52 Å². The van der Waals surface area contributed by atoms with E-state index in [4.69, 9.17) is 14.1 Å². The highest BCUT2D eigenvalue weighted by Crippen LogP contribution is 2.36. The number of thiazole rings is 1. The Bertz CT molecular complexity index is 1460. The van der Waals surface area contributed by atoms with Crippen LogP contribution in [-0.4, -0.2) is 43.8 Å². The summed E-state index contributed by atoms with van der Waals surface area (Å²) in [6, 6.07) is 14.0. The van der Waals surface area contributed by atoms with Crippen molar-refractivity contribution in [1.29, 1.82) is 0 Å². The Labute approximate surface area is 212 Å². The van der Waals surface area contributed by atoms with Crippen molar-refractivity contribution < 1.29 is 26.8 Å². The van der Waals surface area contributed by atoms with Gasteiger partial charge in [0.05, 0.1) is 29.5 Å². The van der Waals surface area contributed by atoms with E-state index in [0.717, 1.165) is 16.8 Å². The van der Waals surface area contributed by atoms with E-state index in [1.807, 2.05) is 18.2 Å². The maximum absolute atomic E-state index is 13.7. The molecule has 188 valence electrons. The summed E-state index contributed by atoms with van der Waals surface area (Å²) in [6.45, 7) is 0.596. The molecule has 1 amide bonds. The number of rotatable bonds is 7. The van der Waals surface area contributed by atoms with Gasteiger partial charge in [-0.15, -0.1) is 0 Å². The predicted molar refractivity (Wildman–Crippen MR) is 134 cm³/mol. The first kappa shape index (κ1) is 24.4. The zero-order valence-corrected chi connectivity index (χ0v) is 21.1. The number of fused-ring (bicyclic) bond motifs is 1. The number of anilines is 1. The molecule has 36 heavy (non-hydrogen) atoms. The molecule has 0 bridgehead atoms. The van der Waals surface area contributed by atoms with Gasteiger partial charge in [-0.2, -0.15) is 4.31 Å². The maximum atomic E-state index is 13.7. The molecule has 2 aromatic carbocycles. The van der Waals surface area contributed by atoms with E-state index < -0.39 is 15.8 Å². The van der Waals surface area contributed by atoms with Gasteiger partial charge < -0.3 is 9.15 Å². The van der Waals surface area contributed by atoms with Crippen LogP contribution in [0.2, 0.25) is 0 Å². The first-order valence-electron chi connectivity index (χ1n) is 11.4. The second-order valence-corrected chi connectivity index (χ2v) is 11.4. The Morgan fingerprint density at radius 2 is 1.92 bits per heavy atom. The van der Waals surface area contributed by atoms with Crippen LogP contribution in [-0.2, 0) is 21.4 Å². The summed E-state index contributed by atoms with van der Waals surface area (Å²) in [7, 11) is -2.19. The minimum absolute atomic E-state index is 0.0385. The molecule has 1 aliphatic heterocycles. The van der Waals surface area contributed by atoms with Crippen LogP contribution < -0.4 is 9.64 Å². The molecular weight excluding hydrogens is 505 g/mol. The van der Waals surface area contributed by atoms with Gasteiger partial charge in [-0.25, -0.2) is 17.8 Å². The molecule has 8 nitrogen and oxygen atoms in total. The molecule has 5 rings (SSSR count). The third kappa shape index (κ3) is 4.73. The number of piperidine rings is 1. The van der Waals surface area contributed by atoms with Crippen molar-refractivity contribution >= 4 is 42.6 Å². The van der Waals surface area contributed by atoms with Crippen LogP contribution in [0.3, 0.4) is 0 Å². The van der Waals surface area contributed by atoms with Crippen molar-refractivity contribution in [2.24, 2.45) is 5.92 Å². The second kappa shape index (κ2) is 10.00. The van der Waals surface area contributed by atoms with Crippen LogP contribution in [0.15, 0.2) is 70.2 Å². The molecule has 0 aliphatic carbocycles. The average Bonchev–Trinajstić information content (AvgIpc) is 3.57. The van der Waals surface area contributed by atoms with Crippen molar-refractivity contribution in [3.8, 4) is 5.75 Å². The average molecular weight is 530 g/mol. The summed E-state index contributed by atoms with van der Waals surface area (Å²) in [4.78, 5) is 20.1. The number of para-hydroxylation sites is 1. The number of hydrogen-bond acceptors (Lipinski definition) is 7. The van der Waals surface area contributed by atoms with Gasteiger partial charge in [0.15, 0.2) is 5.13 Å². The Hall–Kier alpha value is -3.28. The number of methoxy groups -OCH3 is 1. The smallest absolute Gasteiger partial charge is 0.243 e. The third-order valence-electron chi connectivity index (χ3n) is 6.24. The number of aromatic nitrogens is 1. The van der Waals surface area contributed by atoms with E-state index in [1.165, 1.54) is 27.8 Å². The number of ether oxygens (including phenoxy) is 1. The molecule has 1 fully saturated rings. The number of carbonyl (C=O) groups is 1. The van der Waals surface area contributed by atoms with Gasteiger partial charge >= 0.3 is 0 Å². The minimum Gasteiger partial charge on any atom is -0.494 e. The van der Waals surface area contributed by atoms with Crippen molar-refractivity contribution in [3.05, 3.63) is 72.4 Å². The van der Waals surface area contributed by atoms with E-state index >= 15 is 0 Å². The Kier molecular flexibility index (Phi) is 6.78. The van der Waals surface area contributed by atoms with E-state index in [2.05, 4.69) is 0 Å². The van der Waals surface area contributed by atoms with E-state index in [9.17, 15) is 17.6 Å². The largest absolute Gasteiger partial charge is 0.494 e. The first-order chi connectivity index (χ1) is 17.4. The van der Waals surface area contributed by atoms with Gasteiger partial charge in [0.2, 0.25) is 15.9 Å². The topological polar surface area (TPSA) is 93.0 Å². The summed E-state index contributed by atoms with van der Waals surface area (Å²) in [6.07, 6.45) is 2.28. The molecule has 0 unspecified atom stereocenters. The molecule has 2 aromatic heterocycles. The lowest BCUT2D eigenvalue weighted by atomic mass is 9.96. The van der Waals surface area contributed by atoms with Crippen molar-refractivity contribution in [3.63, 3.8) is 0 Å². The van der Waals surface area contributed by atoms with Crippen LogP contribution in [0.5, 0.6) is 5.75 Å². The Balaban J connectivity index is 1.37. The highest BCUT2D eigenvalue weighted by Gasteiger charge is 2.35. The molecule has 0 N–H and O–H groups in total. The van der Waals surface area contributed by atoms with Gasteiger partial charge in [0.25, 0.3) is 0 Å². The Morgan fingerprint density at radius 3 is 2.58 bits per heavy atom. The van der Waals surface area contributed by atoms with Gasteiger partial charge in [-0.3, -0.25) is 9.69 Å². The number of benzene rings is 2. The molecular formula is C25H24FN3O5S2. The molecule has 0 spiro atoms. The second-order valence-electron chi connectivity index (χ2n) is 8.44. The molecule has 1 saturated heterocycles.